The van der Waals surface area contributed by atoms with Crippen molar-refractivity contribution < 1.29 is 18.9 Å². The van der Waals surface area contributed by atoms with Crippen LogP contribution >= 0.6 is 0 Å². The first-order valence-corrected chi connectivity index (χ1v) is 9.87. The number of fused-ring (bicyclic) bond motifs is 2. The average Bonchev–Trinajstić information content (AvgIpc) is 3.27. The molecule has 6 heteroatoms. The number of nitrogens with zero attached hydrogens (tertiary/aromatic N) is 2. The van der Waals surface area contributed by atoms with Crippen LogP contribution < -0.4 is 18.9 Å². The summed E-state index contributed by atoms with van der Waals surface area (Å²) in [5, 5.41) is 0.980. The zero-order chi connectivity index (χ0) is 20.3. The van der Waals surface area contributed by atoms with Crippen molar-refractivity contribution in [2.24, 2.45) is 0 Å². The number of methoxy groups -OCH3 is 1. The van der Waals surface area contributed by atoms with Crippen molar-refractivity contribution in [1.82, 2.24) is 9.88 Å². The maximum Gasteiger partial charge on any atom is 0.231 e. The molecule has 0 saturated carbocycles. The van der Waals surface area contributed by atoms with E-state index in [1.165, 1.54) is 5.57 Å². The molecule has 1 aromatic heterocycles. The predicted octanol–water partition coefficient (Wildman–Crippen LogP) is 4.26. The molecule has 0 fully saturated rings. The number of rotatable bonds is 6. The fourth-order valence-electron chi connectivity index (χ4n) is 3.67. The summed E-state index contributed by atoms with van der Waals surface area (Å²) in [5.74, 6) is 3.22. The van der Waals surface area contributed by atoms with Crippen molar-refractivity contribution >= 4 is 16.5 Å². The summed E-state index contributed by atoms with van der Waals surface area (Å²) in [6, 6.07) is 13.8. The van der Waals surface area contributed by atoms with Gasteiger partial charge in [0.1, 0.15) is 18.1 Å². The number of hydrogen-bond acceptors (Lipinski definition) is 6. The van der Waals surface area contributed by atoms with Gasteiger partial charge in [0.2, 0.25) is 6.79 Å². The third-order valence-corrected chi connectivity index (χ3v) is 5.26. The summed E-state index contributed by atoms with van der Waals surface area (Å²) in [7, 11) is 1.65. The van der Waals surface area contributed by atoms with E-state index in [2.05, 4.69) is 34.3 Å². The van der Waals surface area contributed by atoms with Gasteiger partial charge in [-0.3, -0.25) is 4.98 Å². The van der Waals surface area contributed by atoms with Gasteiger partial charge in [0.25, 0.3) is 0 Å². The molecule has 0 bridgehead atoms. The highest BCUT2D eigenvalue weighted by Gasteiger charge is 2.16. The van der Waals surface area contributed by atoms with E-state index in [1.54, 1.807) is 13.3 Å². The Morgan fingerprint density at radius 2 is 2.00 bits per heavy atom. The molecule has 0 saturated heterocycles. The molecule has 152 valence electrons. The van der Waals surface area contributed by atoms with Crippen LogP contribution in [-0.2, 0) is 0 Å². The molecule has 2 aromatic carbocycles. The topological polar surface area (TPSA) is 53.1 Å². The first kappa shape index (κ1) is 18.4. The van der Waals surface area contributed by atoms with Gasteiger partial charge in [0.05, 0.1) is 19.2 Å². The minimum atomic E-state index is 0.289. The van der Waals surface area contributed by atoms with Crippen LogP contribution in [0.3, 0.4) is 0 Å². The second-order valence-corrected chi connectivity index (χ2v) is 7.11. The number of allylic oxidation sites excluding steroid dienone is 2. The zero-order valence-electron chi connectivity index (χ0n) is 16.7. The van der Waals surface area contributed by atoms with E-state index in [0.29, 0.717) is 6.61 Å². The van der Waals surface area contributed by atoms with Crippen molar-refractivity contribution in [1.29, 1.82) is 0 Å². The fraction of sp³-hybridized carbons (Fsp3) is 0.208. The number of ether oxygens (including phenoxy) is 4. The van der Waals surface area contributed by atoms with Gasteiger partial charge < -0.3 is 23.8 Å². The first-order chi connectivity index (χ1) is 14.8. The summed E-state index contributed by atoms with van der Waals surface area (Å²) >= 11 is 0. The summed E-state index contributed by atoms with van der Waals surface area (Å²) in [4.78, 5) is 6.65. The maximum absolute atomic E-state index is 6.08. The van der Waals surface area contributed by atoms with E-state index >= 15 is 0 Å². The lowest BCUT2D eigenvalue weighted by molar-refractivity contribution is 0.174. The largest absolute Gasteiger partial charge is 0.497 e. The molecule has 0 N–H and O–H groups in total. The highest BCUT2D eigenvalue weighted by Crippen LogP contribution is 2.35. The van der Waals surface area contributed by atoms with Crippen LogP contribution in [0.1, 0.15) is 5.56 Å². The Morgan fingerprint density at radius 1 is 1.07 bits per heavy atom. The van der Waals surface area contributed by atoms with Gasteiger partial charge in [-0.15, -0.1) is 0 Å². The molecule has 0 aliphatic carbocycles. The van der Waals surface area contributed by atoms with Crippen LogP contribution in [0.15, 0.2) is 67.0 Å². The number of benzene rings is 2. The molecule has 0 unspecified atom stereocenters. The minimum Gasteiger partial charge on any atom is -0.497 e. The van der Waals surface area contributed by atoms with Crippen LogP contribution in [0.2, 0.25) is 0 Å². The van der Waals surface area contributed by atoms with Gasteiger partial charge in [-0.05, 0) is 53.7 Å². The lowest BCUT2D eigenvalue weighted by Gasteiger charge is -2.25. The second-order valence-electron chi connectivity index (χ2n) is 7.11. The van der Waals surface area contributed by atoms with Crippen molar-refractivity contribution in [2.45, 2.75) is 0 Å². The molecule has 2 aliphatic rings. The maximum atomic E-state index is 6.08. The number of aromatic nitrogens is 1. The summed E-state index contributed by atoms with van der Waals surface area (Å²) < 4.78 is 22.3. The third-order valence-electron chi connectivity index (χ3n) is 5.26. The fourth-order valence-corrected chi connectivity index (χ4v) is 3.67. The van der Waals surface area contributed by atoms with E-state index < -0.39 is 0 Å². The highest BCUT2D eigenvalue weighted by atomic mass is 16.7. The SMILES string of the molecule is COc1ccc2c(OCCN3C=CC=C(c4ccc5c(c4)OCO5)C3)ccnc2c1. The molecule has 30 heavy (non-hydrogen) atoms. The Bertz CT molecular complexity index is 1140. The Balaban J connectivity index is 1.22. The van der Waals surface area contributed by atoms with Crippen LogP contribution in [0.5, 0.6) is 23.0 Å². The highest BCUT2D eigenvalue weighted by molar-refractivity contribution is 5.86. The van der Waals surface area contributed by atoms with Gasteiger partial charge >= 0.3 is 0 Å². The molecule has 0 amide bonds. The smallest absolute Gasteiger partial charge is 0.231 e. The molecule has 0 radical (unpaired) electrons. The van der Waals surface area contributed by atoms with E-state index in [-0.39, 0.29) is 6.79 Å². The molecule has 2 aliphatic heterocycles. The van der Waals surface area contributed by atoms with E-state index in [9.17, 15) is 0 Å². The number of pyridine rings is 1. The molecule has 3 heterocycles. The van der Waals surface area contributed by atoms with Gasteiger partial charge in [-0.2, -0.15) is 0 Å². The standard InChI is InChI=1S/C24H22N2O4/c1-27-19-5-6-20-21(14-19)25-9-8-22(20)28-12-11-26-10-2-3-18(15-26)17-4-7-23-24(13-17)30-16-29-23/h2-10,13-14H,11-12,15-16H2,1H3. The van der Waals surface area contributed by atoms with Crippen LogP contribution in [0.4, 0.5) is 0 Å². The van der Waals surface area contributed by atoms with Gasteiger partial charge in [0.15, 0.2) is 11.5 Å². The van der Waals surface area contributed by atoms with Gasteiger partial charge in [0, 0.05) is 24.2 Å². The van der Waals surface area contributed by atoms with Crippen LogP contribution in [0.25, 0.3) is 16.5 Å². The summed E-state index contributed by atoms with van der Waals surface area (Å²) in [6.07, 6.45) is 8.06. The average molecular weight is 402 g/mol. The van der Waals surface area contributed by atoms with Gasteiger partial charge in [-0.25, -0.2) is 0 Å². The van der Waals surface area contributed by atoms with Crippen LogP contribution in [0, 0.1) is 0 Å². The summed E-state index contributed by atoms with van der Waals surface area (Å²) in [5.41, 5.74) is 3.23. The lowest BCUT2D eigenvalue weighted by Crippen LogP contribution is -2.26. The molecule has 3 aromatic rings. The summed E-state index contributed by atoms with van der Waals surface area (Å²) in [6.45, 7) is 2.45. The Morgan fingerprint density at radius 3 is 2.93 bits per heavy atom. The molecule has 5 rings (SSSR count). The molecule has 6 nitrogen and oxygen atoms in total. The van der Waals surface area contributed by atoms with Crippen molar-refractivity contribution in [3.8, 4) is 23.0 Å². The monoisotopic (exact) mass is 402 g/mol. The van der Waals surface area contributed by atoms with E-state index in [4.69, 9.17) is 18.9 Å². The van der Waals surface area contributed by atoms with Crippen molar-refractivity contribution in [3.05, 3.63) is 72.6 Å². The first-order valence-electron chi connectivity index (χ1n) is 9.87. The molecular weight excluding hydrogens is 380 g/mol. The van der Waals surface area contributed by atoms with E-state index in [0.717, 1.165) is 52.6 Å². The van der Waals surface area contributed by atoms with Gasteiger partial charge in [-0.1, -0.05) is 12.1 Å². The van der Waals surface area contributed by atoms with Crippen molar-refractivity contribution in [3.63, 3.8) is 0 Å². The van der Waals surface area contributed by atoms with Crippen molar-refractivity contribution in [2.75, 3.05) is 33.6 Å². The zero-order valence-corrected chi connectivity index (χ0v) is 16.7. The lowest BCUT2D eigenvalue weighted by atomic mass is 10.0. The number of hydrogen-bond donors (Lipinski definition) is 0. The van der Waals surface area contributed by atoms with E-state index in [1.807, 2.05) is 36.4 Å². The molecule has 0 atom stereocenters. The normalized spacial score (nSPS) is 14.7. The Labute approximate surface area is 174 Å². The second kappa shape index (κ2) is 7.99. The quantitative estimate of drug-likeness (QED) is 0.614. The predicted molar refractivity (Wildman–Crippen MR) is 115 cm³/mol. The third kappa shape index (κ3) is 3.64. The van der Waals surface area contributed by atoms with Crippen LogP contribution in [-0.4, -0.2) is 43.5 Å². The molecule has 0 spiro atoms. The Hall–Kier alpha value is -3.67. The Kier molecular flexibility index (Phi) is 4.89. The molecular formula is C24H22N2O4. The minimum absolute atomic E-state index is 0.289.